The maximum absolute atomic E-state index is 14.9. The van der Waals surface area contributed by atoms with Crippen LogP contribution < -0.4 is 38.2 Å². The van der Waals surface area contributed by atoms with Crippen molar-refractivity contribution in [2.24, 2.45) is 64.2 Å². The van der Waals surface area contributed by atoms with Gasteiger partial charge >= 0.3 is 0 Å². The molecule has 2 aromatic heterocycles. The van der Waals surface area contributed by atoms with Crippen molar-refractivity contribution in [3.63, 3.8) is 0 Å². The number of hydrogen-bond acceptors (Lipinski definition) is 19. The van der Waals surface area contributed by atoms with E-state index in [1.165, 1.54) is 58.2 Å². The molecular weight excluding hydrogens is 1480 g/mol. The first-order valence-electron chi connectivity index (χ1n) is 38.0. The number of fused-ring (bicyclic) bond motifs is 10. The van der Waals surface area contributed by atoms with E-state index >= 15 is 0 Å². The third-order valence-electron chi connectivity index (χ3n) is 24.1. The Kier molecular flexibility index (Phi) is 23.4. The topological polar surface area (TPSA) is 287 Å². The molecule has 1 saturated heterocycles. The fraction of sp³-hybridized carbons (Fsp3) is 0.550. The van der Waals surface area contributed by atoms with Gasteiger partial charge in [-0.2, -0.15) is 0 Å². The lowest BCUT2D eigenvalue weighted by molar-refractivity contribution is -0.0389. The largest absolute Gasteiger partial charge is 0.490 e. The predicted octanol–water partition coefficient (Wildman–Crippen LogP) is 11.1. The number of aliphatic hydroxyl groups is 1. The first-order chi connectivity index (χ1) is 52.4. The minimum atomic E-state index is -3.76. The molecule has 3 fully saturated rings. The van der Waals surface area contributed by atoms with Gasteiger partial charge in [0.05, 0.1) is 87.9 Å². The average Bonchev–Trinajstić information content (AvgIpc) is 1.69. The summed E-state index contributed by atoms with van der Waals surface area (Å²) in [6.45, 7) is 8.31. The summed E-state index contributed by atoms with van der Waals surface area (Å²) >= 11 is 13.0. The third kappa shape index (κ3) is 16.4. The van der Waals surface area contributed by atoms with E-state index in [1.807, 2.05) is 50.3 Å². The molecule has 4 bridgehead atoms. The number of aliphatic hydroxyl groups excluding tert-OH is 1. The predicted molar refractivity (Wildman–Crippen MR) is 415 cm³/mol. The molecule has 3 N–H and O–H groups in total. The Morgan fingerprint density at radius 3 is 1.61 bits per heavy atom. The van der Waals surface area contributed by atoms with Crippen LogP contribution >= 0.6 is 23.2 Å². The zero-order valence-electron chi connectivity index (χ0n) is 63.2. The molecule has 2 spiro atoms. The summed E-state index contributed by atoms with van der Waals surface area (Å²) in [5, 5.41) is 19.5. The molecule has 4 amide bonds. The Bertz CT molecular complexity index is 4730. The number of benzene rings is 4. The highest BCUT2D eigenvalue weighted by Crippen LogP contribution is 2.51. The molecule has 15 rings (SSSR count). The molecular formula is C80H100Cl2N10O15S2. The number of carbonyl (C=O) groups is 4. The number of carbonyl (C=O) groups excluding carboxylic acids is 4. The van der Waals surface area contributed by atoms with Crippen molar-refractivity contribution in [1.82, 2.24) is 29.0 Å². The molecule has 9 aliphatic rings. The highest BCUT2D eigenvalue weighted by molar-refractivity contribution is 7.92. The summed E-state index contributed by atoms with van der Waals surface area (Å²) in [5.74, 6) is -1.01. The molecule has 25 nitrogen and oxygen atoms in total. The van der Waals surface area contributed by atoms with Gasteiger partial charge in [0.15, 0.2) is 0 Å². The molecule has 4 aromatic carbocycles. The fourth-order valence-corrected chi connectivity index (χ4v) is 22.7. The van der Waals surface area contributed by atoms with Crippen molar-refractivity contribution in [3.05, 3.63) is 152 Å². The molecule has 3 unspecified atom stereocenters. The van der Waals surface area contributed by atoms with Gasteiger partial charge in [-0.3, -0.25) is 38.0 Å². The second-order valence-electron chi connectivity index (χ2n) is 31.3. The molecule has 0 radical (unpaired) electrons. The van der Waals surface area contributed by atoms with Crippen LogP contribution in [0.3, 0.4) is 0 Å². The van der Waals surface area contributed by atoms with Gasteiger partial charge in [0.1, 0.15) is 42.5 Å². The van der Waals surface area contributed by atoms with E-state index in [0.717, 1.165) is 93.6 Å². The number of anilines is 2. The van der Waals surface area contributed by atoms with Crippen molar-refractivity contribution in [1.29, 1.82) is 0 Å². The van der Waals surface area contributed by atoms with E-state index < -0.39 is 55.5 Å². The summed E-state index contributed by atoms with van der Waals surface area (Å²) in [6, 6.07) is 22.9. The van der Waals surface area contributed by atoms with Gasteiger partial charge in [0.25, 0.3) is 23.6 Å². The van der Waals surface area contributed by atoms with Gasteiger partial charge in [-0.25, -0.2) is 8.42 Å². The van der Waals surface area contributed by atoms with Crippen molar-refractivity contribution in [3.8, 4) is 23.3 Å². The van der Waals surface area contributed by atoms with Gasteiger partial charge < -0.3 is 52.8 Å². The Balaban J connectivity index is 0.000000182. The van der Waals surface area contributed by atoms with Crippen molar-refractivity contribution in [2.75, 3.05) is 109 Å². The number of amides is 4. The SMILES string of the molecule is COc1nn(C)cc1C(=O)NS1(=O)=NC(=O)c2ccc3c(c2)N(C[C@@H]2CC[C@H]2[C@@H](OCCO)/C=C/C(OC)[C@H](C)C1)C[C@@]1(CCCc2cc(Cl)ccc21)CO3.COc1nn(C)cc1C(=O)NS1(=O)=NC(=O)c2ccc3c(c2)N(C[C@@H]2CC[C@H]2[C@H]2OCC[C@@H]2C[C@H](OC)[C@H](C)C1)C[C@@]1(CCCc2cc(Cl)ccc21)CO3. The van der Waals surface area contributed by atoms with Crippen LogP contribution in [0.4, 0.5) is 11.4 Å². The number of ether oxygens (including phenoxy) is 8. The number of hydrogen-bond donors (Lipinski definition) is 3. The van der Waals surface area contributed by atoms with Gasteiger partial charge in [0, 0.05) is 105 Å². The van der Waals surface area contributed by atoms with E-state index in [1.54, 1.807) is 52.6 Å². The third-order valence-corrected chi connectivity index (χ3v) is 28.5. The summed E-state index contributed by atoms with van der Waals surface area (Å²) in [6.07, 6.45) is 17.3. The molecule has 7 heterocycles. The van der Waals surface area contributed by atoms with E-state index in [-0.39, 0.29) is 112 Å². The van der Waals surface area contributed by atoms with Crippen molar-refractivity contribution in [2.45, 2.75) is 126 Å². The number of aryl methyl sites for hydroxylation is 4. The monoisotopic (exact) mass is 1570 g/mol. The van der Waals surface area contributed by atoms with E-state index in [2.05, 4.69) is 62.4 Å². The number of rotatable bonds is 11. The molecule has 2 saturated carbocycles. The van der Waals surface area contributed by atoms with E-state index in [4.69, 9.17) is 61.1 Å². The van der Waals surface area contributed by atoms with Crippen LogP contribution in [-0.4, -0.2) is 180 Å². The van der Waals surface area contributed by atoms with Crippen LogP contribution in [0.1, 0.15) is 142 Å². The van der Waals surface area contributed by atoms with Crippen LogP contribution in [0.2, 0.25) is 10.0 Å². The molecule has 15 atom stereocenters. The molecule has 586 valence electrons. The standard InChI is InChI=1S/C40H50ClN5O8S.C40H50ClN5O7S/c1-25-22-55(50,44-38(49)31-21-45(2)42-39(31)52-4)43-37(48)27-8-12-36-33(19-27)46(20-28-7-10-30(28)35(53-17-16-47)14-13-34(25)51-3)23-40(24-54-36)15-5-6-26-18-29(41)9-11-32(26)40;1-24-21-54(49,44-38(48)31-20-45(2)42-39(31)51-4)43-37(47)27-8-12-34-33(17-27)46(19-28-7-10-30(28)36-26(13-15-52-36)18-35(24)50-3)22-40(23-53-34)14-5-6-25-16-29(41)9-11-32(25)40/h8-9,11-14,18-19,21,25,28,30,34-35,47H,5-7,10,15-17,20,22-24H2,1-4H3,(H,43,44,48,49,50);8-9,11-12,16-17,20,24,26,28,30,35-36H,5-7,10,13-15,18-19,21-23H2,1-4H3,(H,43,44,47,48,49)/b14-13+;/t25-,28+,30-,34?,35+,40+,55?;24-,26-,28+,30-,35+,36+,40+,54?/m11/s1. The Hall–Kier alpha value is -7.60. The Morgan fingerprint density at radius 1 is 0.633 bits per heavy atom. The second-order valence-corrected chi connectivity index (χ2v) is 36.2. The molecule has 29 heteroatoms. The Morgan fingerprint density at radius 2 is 1.14 bits per heavy atom. The van der Waals surface area contributed by atoms with Crippen LogP contribution in [0, 0.1) is 41.4 Å². The first-order valence-corrected chi connectivity index (χ1v) is 42.1. The van der Waals surface area contributed by atoms with Crippen LogP contribution in [-0.2, 0) is 76.5 Å². The zero-order valence-corrected chi connectivity index (χ0v) is 66.3. The lowest BCUT2D eigenvalue weighted by Gasteiger charge is -2.47. The molecule has 4 aliphatic carbocycles. The average molecular weight is 1580 g/mol. The Labute approximate surface area is 648 Å². The number of halogens is 2. The maximum atomic E-state index is 14.9. The first kappa shape index (κ1) is 78.1. The summed E-state index contributed by atoms with van der Waals surface area (Å²) in [4.78, 5) is 60.5. The normalized spacial score (nSPS) is 31.0. The highest BCUT2D eigenvalue weighted by Gasteiger charge is 2.50. The summed E-state index contributed by atoms with van der Waals surface area (Å²) in [7, 11) is 1.86. The van der Waals surface area contributed by atoms with Crippen LogP contribution in [0.25, 0.3) is 0 Å². The molecule has 109 heavy (non-hydrogen) atoms. The van der Waals surface area contributed by atoms with Gasteiger partial charge in [0.2, 0.25) is 11.8 Å². The molecule has 5 aliphatic heterocycles. The van der Waals surface area contributed by atoms with Gasteiger partial charge in [-0.1, -0.05) is 61.3 Å². The van der Waals surface area contributed by atoms with Gasteiger partial charge in [-0.15, -0.1) is 18.9 Å². The number of methoxy groups -OCH3 is 4. The highest BCUT2D eigenvalue weighted by atomic mass is 35.5. The quantitative estimate of drug-likeness (QED) is 0.102. The van der Waals surface area contributed by atoms with Gasteiger partial charge in [-0.05, 0) is 201 Å². The minimum absolute atomic E-state index is 0.0452. The number of aromatic nitrogens is 4. The second kappa shape index (κ2) is 32.6. The lowest BCUT2D eigenvalue weighted by atomic mass is 9.66. The minimum Gasteiger partial charge on any atom is -0.490 e. The number of nitrogens with one attached hydrogen (secondary N) is 2. The maximum Gasteiger partial charge on any atom is 0.286 e. The lowest BCUT2D eigenvalue weighted by Crippen LogP contribution is -2.50. The summed E-state index contributed by atoms with van der Waals surface area (Å²) in [5.41, 5.74) is 6.59. The smallest absolute Gasteiger partial charge is 0.286 e. The van der Waals surface area contributed by atoms with E-state index in [9.17, 15) is 32.7 Å². The van der Waals surface area contributed by atoms with Crippen LogP contribution in [0.5, 0.6) is 23.3 Å². The number of nitrogens with zero attached hydrogens (tertiary/aromatic N) is 8. The van der Waals surface area contributed by atoms with Crippen molar-refractivity contribution >= 4 is 78.0 Å². The van der Waals surface area contributed by atoms with E-state index in [0.29, 0.717) is 74.2 Å². The van der Waals surface area contributed by atoms with Crippen LogP contribution in [0.15, 0.2) is 106 Å². The summed E-state index contributed by atoms with van der Waals surface area (Å²) < 4.78 is 95.1. The van der Waals surface area contributed by atoms with Crippen molar-refractivity contribution < 1.29 is 70.6 Å². The molecule has 6 aromatic rings. The fourth-order valence-electron chi connectivity index (χ4n) is 18.5. The zero-order chi connectivity index (χ0) is 76.7.